The van der Waals surface area contributed by atoms with Gasteiger partial charge in [-0.05, 0) is 84.5 Å². The molecule has 256 valence electrons. The smallest absolute Gasteiger partial charge is 0.151 e. The zero-order valence-corrected chi connectivity index (χ0v) is 29.3. The maximum atomic E-state index is 12.5. The largest absolute Gasteiger partial charge is 0.298 e. The van der Waals surface area contributed by atoms with Crippen molar-refractivity contribution < 1.29 is 9.59 Å². The van der Waals surface area contributed by atoms with Gasteiger partial charge >= 0.3 is 0 Å². The second-order valence-corrected chi connectivity index (χ2v) is 12.6. The summed E-state index contributed by atoms with van der Waals surface area (Å²) >= 11 is 0. The second-order valence-electron chi connectivity index (χ2n) is 12.6. The maximum Gasteiger partial charge on any atom is 0.151 e. The van der Waals surface area contributed by atoms with Crippen LogP contribution in [0.1, 0.15) is 38.8 Å². The lowest BCUT2D eigenvalue weighted by atomic mass is 10.0. The van der Waals surface area contributed by atoms with Crippen LogP contribution in [0.3, 0.4) is 0 Å². The molecular weight excluding hydrogens is 624 g/mol. The molecule has 0 saturated carbocycles. The molecule has 0 aliphatic carbocycles. The van der Waals surface area contributed by atoms with Gasteiger partial charge in [-0.2, -0.15) is 0 Å². The van der Waals surface area contributed by atoms with Crippen molar-refractivity contribution in [3.63, 3.8) is 0 Å². The molecule has 10 nitrogen and oxygen atoms in total. The van der Waals surface area contributed by atoms with Gasteiger partial charge in [-0.3, -0.25) is 19.4 Å². The number of carbonyl (C=O) groups excluding carboxylic acids is 2. The Morgan fingerprint density at radius 1 is 0.540 bits per heavy atom. The summed E-state index contributed by atoms with van der Waals surface area (Å²) in [5, 5.41) is 19.8. The van der Waals surface area contributed by atoms with E-state index in [9.17, 15) is 9.59 Å². The van der Waals surface area contributed by atoms with Gasteiger partial charge in [0, 0.05) is 24.0 Å². The van der Waals surface area contributed by atoms with Crippen molar-refractivity contribution in [3.05, 3.63) is 108 Å². The number of ketones is 2. The minimum Gasteiger partial charge on any atom is -0.298 e. The third-order valence-corrected chi connectivity index (χ3v) is 9.21. The van der Waals surface area contributed by atoms with Crippen LogP contribution >= 0.6 is 0 Å². The van der Waals surface area contributed by atoms with Crippen molar-refractivity contribution >= 4 is 22.3 Å². The number of rotatable bonds is 16. The Hall–Kier alpha value is -5.32. The molecule has 0 N–H and O–H groups in total. The molecule has 0 bridgehead atoms. The molecule has 0 aliphatic heterocycles. The number of likely N-dealkylation sites (N-methyl/N-ethyl adjacent to an activating group) is 2. The third kappa shape index (κ3) is 8.27. The summed E-state index contributed by atoms with van der Waals surface area (Å²) in [6, 6.07) is 28.3. The summed E-state index contributed by atoms with van der Waals surface area (Å²) in [6.45, 7) is 12.7. The first-order valence-corrected chi connectivity index (χ1v) is 17.4. The molecule has 4 aromatic carbocycles. The number of hydrogen-bond acceptors (Lipinski definition) is 8. The standard InChI is InChI=1S/C40H44N8O2/c1-5-45(6-2)25-37(49)21-29-9-17-35(18-10-29)47-27-39(41-43-47)32-15-13-31-14-16-33(24-34(31)23-32)40-28-48(44-42-40)36-19-11-30(12-20-36)22-38(50)26-46(7-3)8-4/h9-20,23-24,27-28H,5-8,21-22,25-26H2,1-4H3. The van der Waals surface area contributed by atoms with E-state index in [4.69, 9.17) is 0 Å². The van der Waals surface area contributed by atoms with Gasteiger partial charge in [0.1, 0.15) is 11.4 Å². The topological polar surface area (TPSA) is 102 Å². The summed E-state index contributed by atoms with van der Waals surface area (Å²) in [4.78, 5) is 29.3. The Bertz CT molecular complexity index is 1910. The van der Waals surface area contributed by atoms with E-state index in [0.29, 0.717) is 25.9 Å². The third-order valence-electron chi connectivity index (χ3n) is 9.21. The molecule has 0 aliphatic rings. The molecule has 50 heavy (non-hydrogen) atoms. The molecule has 0 spiro atoms. The van der Waals surface area contributed by atoms with Crippen LogP contribution in [-0.2, 0) is 22.4 Å². The summed E-state index contributed by atoms with van der Waals surface area (Å²) in [6.07, 6.45) is 4.68. The number of benzene rings is 4. The molecule has 2 heterocycles. The normalized spacial score (nSPS) is 11.6. The van der Waals surface area contributed by atoms with Crippen LogP contribution in [0, 0.1) is 0 Å². The Morgan fingerprint density at radius 3 is 1.32 bits per heavy atom. The van der Waals surface area contributed by atoms with E-state index in [1.807, 2.05) is 60.9 Å². The minimum atomic E-state index is 0.218. The van der Waals surface area contributed by atoms with Crippen LogP contribution in [0.5, 0.6) is 0 Å². The van der Waals surface area contributed by atoms with Crippen LogP contribution < -0.4 is 0 Å². The highest BCUT2D eigenvalue weighted by Crippen LogP contribution is 2.28. The number of Topliss-reactive ketones (excluding diaryl/α,β-unsaturated/α-hetero) is 2. The number of fused-ring (bicyclic) bond motifs is 1. The van der Waals surface area contributed by atoms with Crippen molar-refractivity contribution in [2.24, 2.45) is 0 Å². The lowest BCUT2D eigenvalue weighted by Gasteiger charge is -2.16. The first kappa shape index (κ1) is 34.5. The lowest BCUT2D eigenvalue weighted by molar-refractivity contribution is -0.120. The number of carbonyl (C=O) groups is 2. The quantitative estimate of drug-likeness (QED) is 0.119. The Morgan fingerprint density at radius 2 is 0.940 bits per heavy atom. The van der Waals surface area contributed by atoms with Gasteiger partial charge in [0.05, 0.1) is 36.9 Å². The van der Waals surface area contributed by atoms with Crippen LogP contribution in [-0.4, -0.2) is 90.6 Å². The van der Waals surface area contributed by atoms with Gasteiger partial charge in [0.2, 0.25) is 0 Å². The average molecular weight is 669 g/mol. The zero-order chi connectivity index (χ0) is 35.0. The first-order chi connectivity index (χ1) is 24.3. The van der Waals surface area contributed by atoms with Crippen molar-refractivity contribution in [3.8, 4) is 33.9 Å². The van der Waals surface area contributed by atoms with Gasteiger partial charge in [-0.25, -0.2) is 9.36 Å². The molecule has 6 aromatic rings. The number of nitrogens with zero attached hydrogens (tertiary/aromatic N) is 8. The van der Waals surface area contributed by atoms with E-state index in [-0.39, 0.29) is 11.6 Å². The van der Waals surface area contributed by atoms with E-state index < -0.39 is 0 Å². The highest BCUT2D eigenvalue weighted by molar-refractivity contribution is 5.90. The summed E-state index contributed by atoms with van der Waals surface area (Å²) in [5.74, 6) is 0.436. The van der Waals surface area contributed by atoms with Crippen LogP contribution in [0.15, 0.2) is 97.3 Å². The van der Waals surface area contributed by atoms with Gasteiger partial charge in [0.25, 0.3) is 0 Å². The van der Waals surface area contributed by atoms with Gasteiger partial charge < -0.3 is 0 Å². The summed E-state index contributed by atoms with van der Waals surface area (Å²) in [5.41, 5.74) is 7.19. The maximum absolute atomic E-state index is 12.5. The van der Waals surface area contributed by atoms with E-state index in [2.05, 4.69) is 94.5 Å². The SMILES string of the molecule is CCN(CC)CC(=O)Cc1ccc(-n2cc(-c3ccc4ccc(-c5cn(-c6ccc(CC(=O)CN(CC)CC)cc6)nn5)cc4c3)nn2)cc1. The lowest BCUT2D eigenvalue weighted by Crippen LogP contribution is -2.30. The molecule has 0 radical (unpaired) electrons. The summed E-state index contributed by atoms with van der Waals surface area (Å²) in [7, 11) is 0. The fraction of sp³-hybridized carbons (Fsp3) is 0.300. The highest BCUT2D eigenvalue weighted by atomic mass is 16.1. The van der Waals surface area contributed by atoms with E-state index in [1.165, 1.54) is 0 Å². The molecule has 0 unspecified atom stereocenters. The van der Waals surface area contributed by atoms with E-state index in [1.54, 1.807) is 9.36 Å². The van der Waals surface area contributed by atoms with Crippen molar-refractivity contribution in [1.82, 2.24) is 39.8 Å². The van der Waals surface area contributed by atoms with Crippen LogP contribution in [0.2, 0.25) is 0 Å². The zero-order valence-electron chi connectivity index (χ0n) is 29.3. The highest BCUT2D eigenvalue weighted by Gasteiger charge is 2.13. The molecule has 0 amide bonds. The minimum absolute atomic E-state index is 0.218. The average Bonchev–Trinajstić information content (AvgIpc) is 3.85. The van der Waals surface area contributed by atoms with Gasteiger partial charge in [0.15, 0.2) is 11.6 Å². The molecule has 2 aromatic heterocycles. The van der Waals surface area contributed by atoms with Crippen molar-refractivity contribution in [2.75, 3.05) is 39.3 Å². The Balaban J connectivity index is 1.13. The van der Waals surface area contributed by atoms with Crippen LogP contribution in [0.4, 0.5) is 0 Å². The fourth-order valence-electron chi connectivity index (χ4n) is 6.10. The van der Waals surface area contributed by atoms with Crippen LogP contribution in [0.25, 0.3) is 44.7 Å². The predicted octanol–water partition coefficient (Wildman–Crippen LogP) is 6.24. The molecule has 0 atom stereocenters. The number of aromatic nitrogens is 6. The molecule has 10 heteroatoms. The molecule has 6 rings (SSSR count). The first-order valence-electron chi connectivity index (χ1n) is 17.4. The van der Waals surface area contributed by atoms with Crippen molar-refractivity contribution in [1.29, 1.82) is 0 Å². The summed E-state index contributed by atoms with van der Waals surface area (Å²) < 4.78 is 3.51. The van der Waals surface area contributed by atoms with Gasteiger partial charge in [-0.1, -0.05) is 86.7 Å². The van der Waals surface area contributed by atoms with E-state index >= 15 is 0 Å². The molecule has 0 fully saturated rings. The Kier molecular flexibility index (Phi) is 11.0. The fourth-order valence-corrected chi connectivity index (χ4v) is 6.10. The van der Waals surface area contributed by atoms with E-state index in [0.717, 1.165) is 82.0 Å². The predicted molar refractivity (Wildman–Crippen MR) is 198 cm³/mol. The molecule has 0 saturated heterocycles. The monoisotopic (exact) mass is 668 g/mol. The van der Waals surface area contributed by atoms with Crippen molar-refractivity contribution in [2.45, 2.75) is 40.5 Å². The Labute approximate surface area is 293 Å². The molecular formula is C40H44N8O2. The van der Waals surface area contributed by atoms with Gasteiger partial charge in [-0.15, -0.1) is 10.2 Å². The number of hydrogen-bond donors (Lipinski definition) is 0. The second kappa shape index (κ2) is 15.9.